The van der Waals surface area contributed by atoms with Gasteiger partial charge < -0.3 is 0 Å². The summed E-state index contributed by atoms with van der Waals surface area (Å²) in [6.07, 6.45) is 2.51. The molecule has 22 heavy (non-hydrogen) atoms. The van der Waals surface area contributed by atoms with Crippen molar-refractivity contribution in [1.29, 1.82) is 0 Å². The van der Waals surface area contributed by atoms with Crippen molar-refractivity contribution < 1.29 is 16.8 Å². The maximum Gasteiger partial charge on any atom is 0.240 e. The van der Waals surface area contributed by atoms with Crippen LogP contribution in [-0.2, 0) is 20.0 Å². The minimum absolute atomic E-state index is 0.0245. The molecule has 0 saturated heterocycles. The highest BCUT2D eigenvalue weighted by Gasteiger charge is 2.18. The fourth-order valence-corrected chi connectivity index (χ4v) is 3.73. The number of sulfonamides is 2. The van der Waals surface area contributed by atoms with Gasteiger partial charge in [-0.1, -0.05) is 17.7 Å². The molecule has 0 bridgehead atoms. The Kier molecular flexibility index (Phi) is 6.57. The number of hydrogen-bond acceptors (Lipinski definition) is 4. The molecule has 1 aromatic carbocycles. The zero-order chi connectivity index (χ0) is 17.0. The van der Waals surface area contributed by atoms with Crippen LogP contribution in [0.1, 0.15) is 5.56 Å². The Labute approximate surface area is 136 Å². The van der Waals surface area contributed by atoms with E-state index in [4.69, 9.17) is 11.6 Å². The summed E-state index contributed by atoms with van der Waals surface area (Å²) in [4.78, 5) is 0.0871. The van der Waals surface area contributed by atoms with Crippen LogP contribution in [0, 0.1) is 6.92 Å². The van der Waals surface area contributed by atoms with Gasteiger partial charge in [0.1, 0.15) is 0 Å². The molecule has 9 heteroatoms. The van der Waals surface area contributed by atoms with Crippen molar-refractivity contribution in [3.63, 3.8) is 0 Å². The van der Waals surface area contributed by atoms with Crippen LogP contribution >= 0.6 is 11.6 Å². The van der Waals surface area contributed by atoms with Gasteiger partial charge in [-0.05, 0) is 30.7 Å². The molecule has 0 aromatic heterocycles. The standard InChI is InChI=1S/C13H19ClN2O4S2/c1-4-8-16(21(3,17)18)9-7-15-22(19,20)12-5-6-13(14)11(2)10-12/h4-6,10,15H,1,7-9H2,2-3H3. The van der Waals surface area contributed by atoms with E-state index in [-0.39, 0.29) is 24.5 Å². The Morgan fingerprint density at radius 2 is 1.95 bits per heavy atom. The summed E-state index contributed by atoms with van der Waals surface area (Å²) in [5, 5.41) is 0.480. The molecule has 0 spiro atoms. The highest BCUT2D eigenvalue weighted by molar-refractivity contribution is 7.89. The van der Waals surface area contributed by atoms with Crippen LogP contribution in [0.15, 0.2) is 35.7 Å². The molecule has 1 N–H and O–H groups in total. The van der Waals surface area contributed by atoms with E-state index in [9.17, 15) is 16.8 Å². The zero-order valence-corrected chi connectivity index (χ0v) is 14.8. The SMILES string of the molecule is C=CCN(CCNS(=O)(=O)c1ccc(Cl)c(C)c1)S(C)(=O)=O. The molecule has 0 amide bonds. The average molecular weight is 367 g/mol. The fourth-order valence-electron chi connectivity index (χ4n) is 1.71. The zero-order valence-electron chi connectivity index (χ0n) is 12.4. The molecule has 124 valence electrons. The van der Waals surface area contributed by atoms with Crippen molar-refractivity contribution in [2.75, 3.05) is 25.9 Å². The maximum absolute atomic E-state index is 12.1. The summed E-state index contributed by atoms with van der Waals surface area (Å²) in [6.45, 7) is 5.30. The Morgan fingerprint density at radius 1 is 1.32 bits per heavy atom. The third-order valence-electron chi connectivity index (χ3n) is 2.89. The van der Waals surface area contributed by atoms with Gasteiger partial charge in [0, 0.05) is 24.7 Å². The van der Waals surface area contributed by atoms with E-state index in [2.05, 4.69) is 11.3 Å². The second kappa shape index (κ2) is 7.56. The van der Waals surface area contributed by atoms with E-state index in [0.717, 1.165) is 10.6 Å². The Morgan fingerprint density at radius 3 is 2.45 bits per heavy atom. The predicted octanol–water partition coefficient (Wildman–Crippen LogP) is 1.37. The van der Waals surface area contributed by atoms with Crippen LogP contribution in [0.4, 0.5) is 0 Å². The largest absolute Gasteiger partial charge is 0.240 e. The van der Waals surface area contributed by atoms with Crippen LogP contribution in [0.5, 0.6) is 0 Å². The van der Waals surface area contributed by atoms with Gasteiger partial charge in [0.15, 0.2) is 0 Å². The van der Waals surface area contributed by atoms with E-state index < -0.39 is 20.0 Å². The van der Waals surface area contributed by atoms with Gasteiger partial charge in [0.2, 0.25) is 20.0 Å². The molecule has 0 aliphatic heterocycles. The first kappa shape index (κ1) is 19.1. The lowest BCUT2D eigenvalue weighted by atomic mass is 10.2. The molecule has 1 aromatic rings. The summed E-state index contributed by atoms with van der Waals surface area (Å²) in [7, 11) is -7.12. The average Bonchev–Trinajstić information content (AvgIpc) is 2.39. The van der Waals surface area contributed by atoms with Crippen molar-refractivity contribution in [2.45, 2.75) is 11.8 Å². The molecule has 0 fully saturated rings. The van der Waals surface area contributed by atoms with Crippen molar-refractivity contribution in [2.24, 2.45) is 0 Å². The molecule has 0 aliphatic carbocycles. The smallest absolute Gasteiger partial charge is 0.212 e. The van der Waals surface area contributed by atoms with Crippen LogP contribution in [0.2, 0.25) is 5.02 Å². The Balaban J connectivity index is 2.77. The number of rotatable bonds is 8. The van der Waals surface area contributed by atoms with Crippen molar-refractivity contribution >= 4 is 31.6 Å². The first-order valence-corrected chi connectivity index (χ1v) is 10.1. The molecule has 1 rings (SSSR count). The van der Waals surface area contributed by atoms with E-state index in [1.165, 1.54) is 24.3 Å². The van der Waals surface area contributed by atoms with Gasteiger partial charge in [-0.2, -0.15) is 4.31 Å². The summed E-state index contributed by atoms with van der Waals surface area (Å²) in [6, 6.07) is 4.37. The Bertz CT molecular complexity index is 745. The Hall–Kier alpha value is -0.930. The molecule has 0 heterocycles. The number of hydrogen-bond donors (Lipinski definition) is 1. The van der Waals surface area contributed by atoms with E-state index in [1.807, 2.05) is 0 Å². The van der Waals surface area contributed by atoms with Crippen LogP contribution in [-0.4, -0.2) is 47.0 Å². The van der Waals surface area contributed by atoms with Crippen molar-refractivity contribution in [3.8, 4) is 0 Å². The highest BCUT2D eigenvalue weighted by Crippen LogP contribution is 2.19. The van der Waals surface area contributed by atoms with E-state index in [0.29, 0.717) is 10.6 Å². The van der Waals surface area contributed by atoms with Gasteiger partial charge in [-0.25, -0.2) is 21.6 Å². The van der Waals surface area contributed by atoms with Crippen molar-refractivity contribution in [1.82, 2.24) is 9.03 Å². The lowest BCUT2D eigenvalue weighted by Gasteiger charge is -2.18. The number of benzene rings is 1. The normalized spacial score (nSPS) is 12.5. The third-order valence-corrected chi connectivity index (χ3v) is 6.05. The molecule has 0 atom stereocenters. The second-order valence-corrected chi connectivity index (χ2v) is 8.88. The lowest BCUT2D eigenvalue weighted by Crippen LogP contribution is -2.38. The van der Waals surface area contributed by atoms with Gasteiger partial charge in [-0.15, -0.1) is 6.58 Å². The second-order valence-electron chi connectivity index (χ2n) is 4.72. The van der Waals surface area contributed by atoms with Gasteiger partial charge >= 0.3 is 0 Å². The first-order valence-electron chi connectivity index (χ1n) is 6.40. The van der Waals surface area contributed by atoms with Crippen LogP contribution in [0.25, 0.3) is 0 Å². The summed E-state index contributed by atoms with van der Waals surface area (Å²) < 4.78 is 50.8. The molecule has 0 radical (unpaired) electrons. The van der Waals surface area contributed by atoms with Crippen LogP contribution < -0.4 is 4.72 Å². The molecular weight excluding hydrogens is 348 g/mol. The number of halogens is 1. The van der Waals surface area contributed by atoms with Crippen LogP contribution in [0.3, 0.4) is 0 Å². The van der Waals surface area contributed by atoms with Crippen molar-refractivity contribution in [3.05, 3.63) is 41.4 Å². The molecule has 6 nitrogen and oxygen atoms in total. The molecule has 0 saturated carbocycles. The summed E-state index contributed by atoms with van der Waals surface area (Å²) >= 11 is 5.86. The number of aryl methyl sites for hydroxylation is 1. The number of nitrogens with zero attached hydrogens (tertiary/aromatic N) is 1. The predicted molar refractivity (Wildman–Crippen MR) is 88.0 cm³/mol. The fraction of sp³-hybridized carbons (Fsp3) is 0.385. The molecule has 0 unspecified atom stereocenters. The van der Waals surface area contributed by atoms with E-state index in [1.54, 1.807) is 6.92 Å². The molecule has 0 aliphatic rings. The van der Waals surface area contributed by atoms with Gasteiger partial charge in [-0.3, -0.25) is 0 Å². The quantitative estimate of drug-likeness (QED) is 0.704. The number of nitrogens with one attached hydrogen (secondary N) is 1. The van der Waals surface area contributed by atoms with Gasteiger partial charge in [0.05, 0.1) is 11.2 Å². The summed E-state index contributed by atoms with van der Waals surface area (Å²) in [5.41, 5.74) is 0.647. The summed E-state index contributed by atoms with van der Waals surface area (Å²) in [5.74, 6) is 0. The maximum atomic E-state index is 12.1. The topological polar surface area (TPSA) is 83.6 Å². The first-order chi connectivity index (χ1) is 10.1. The molecular formula is C13H19ClN2O4S2. The monoisotopic (exact) mass is 366 g/mol. The minimum atomic E-state index is -3.71. The highest BCUT2D eigenvalue weighted by atomic mass is 35.5. The minimum Gasteiger partial charge on any atom is -0.212 e. The lowest BCUT2D eigenvalue weighted by molar-refractivity contribution is 0.447. The van der Waals surface area contributed by atoms with Gasteiger partial charge in [0.25, 0.3) is 0 Å². The third kappa shape index (κ3) is 5.36. The van der Waals surface area contributed by atoms with E-state index >= 15 is 0 Å².